The number of thiophene rings is 1. The number of nitrogen functional groups attached to an aromatic ring is 1. The molecule has 104 valence electrons. The van der Waals surface area contributed by atoms with Crippen LogP contribution in [0.15, 0.2) is 60.1 Å². The van der Waals surface area contributed by atoms with Gasteiger partial charge in [-0.1, -0.05) is 24.3 Å². The molecule has 0 atom stereocenters. The lowest BCUT2D eigenvalue weighted by Crippen LogP contribution is -2.14. The Kier molecular flexibility index (Phi) is 3.66. The number of para-hydroxylation sites is 1. The first-order valence-corrected chi connectivity index (χ1v) is 7.28. The third-order valence-corrected chi connectivity index (χ3v) is 3.88. The molecule has 0 saturated carbocycles. The third kappa shape index (κ3) is 2.93. The average molecular weight is 295 g/mol. The fourth-order valence-corrected chi connectivity index (χ4v) is 2.73. The third-order valence-electron chi connectivity index (χ3n) is 2.98. The molecular weight excluding hydrogens is 282 g/mol. The molecule has 1 aromatic carbocycles. The first kappa shape index (κ1) is 13.3. The number of nitrogens with zero attached hydrogens (tertiary/aromatic N) is 1. The van der Waals surface area contributed by atoms with Gasteiger partial charge in [0.25, 0.3) is 5.91 Å². The van der Waals surface area contributed by atoms with Gasteiger partial charge in [0.2, 0.25) is 0 Å². The quantitative estimate of drug-likeness (QED) is 0.775. The molecule has 5 heteroatoms. The van der Waals surface area contributed by atoms with E-state index in [1.807, 2.05) is 41.8 Å². The Labute approximate surface area is 126 Å². The minimum atomic E-state index is -0.251. The van der Waals surface area contributed by atoms with Gasteiger partial charge in [0.1, 0.15) is 5.69 Å². The molecule has 3 rings (SSSR count). The van der Waals surface area contributed by atoms with Crippen molar-refractivity contribution in [1.29, 1.82) is 0 Å². The minimum absolute atomic E-state index is 0.251. The Hall–Kier alpha value is -2.66. The molecule has 4 nitrogen and oxygen atoms in total. The van der Waals surface area contributed by atoms with Gasteiger partial charge in [-0.25, -0.2) is 4.98 Å². The molecule has 2 heterocycles. The molecule has 0 radical (unpaired) electrons. The summed E-state index contributed by atoms with van der Waals surface area (Å²) in [5, 5.41) is 4.91. The zero-order chi connectivity index (χ0) is 14.7. The second-order valence-electron chi connectivity index (χ2n) is 4.45. The first-order valence-electron chi connectivity index (χ1n) is 6.40. The summed E-state index contributed by atoms with van der Waals surface area (Å²) in [5.74, 6) is -0.251. The zero-order valence-corrected chi connectivity index (χ0v) is 11.9. The van der Waals surface area contributed by atoms with Crippen LogP contribution >= 0.6 is 11.3 Å². The highest BCUT2D eigenvalue weighted by Crippen LogP contribution is 2.31. The summed E-state index contributed by atoms with van der Waals surface area (Å²) >= 11 is 1.63. The summed E-state index contributed by atoms with van der Waals surface area (Å²) in [6, 6.07) is 15.0. The highest BCUT2D eigenvalue weighted by molar-refractivity contribution is 7.13. The lowest BCUT2D eigenvalue weighted by atomic mass is 10.1. The predicted octanol–water partition coefficient (Wildman–Crippen LogP) is 3.64. The van der Waals surface area contributed by atoms with E-state index in [1.54, 1.807) is 23.5 Å². The van der Waals surface area contributed by atoms with Crippen molar-refractivity contribution >= 4 is 28.6 Å². The van der Waals surface area contributed by atoms with E-state index in [4.69, 9.17) is 5.73 Å². The molecule has 0 aliphatic rings. The topological polar surface area (TPSA) is 68.0 Å². The first-order chi connectivity index (χ1) is 10.2. The van der Waals surface area contributed by atoms with E-state index in [-0.39, 0.29) is 5.91 Å². The highest BCUT2D eigenvalue weighted by Gasteiger charge is 2.11. The van der Waals surface area contributed by atoms with Crippen LogP contribution in [-0.2, 0) is 0 Å². The maximum absolute atomic E-state index is 12.2. The van der Waals surface area contributed by atoms with E-state index in [9.17, 15) is 4.79 Å². The van der Waals surface area contributed by atoms with Gasteiger partial charge in [-0.3, -0.25) is 4.79 Å². The van der Waals surface area contributed by atoms with Crippen LogP contribution in [0.25, 0.3) is 10.4 Å². The fraction of sp³-hybridized carbons (Fsp3) is 0. The van der Waals surface area contributed by atoms with Crippen LogP contribution in [0.2, 0.25) is 0 Å². The summed E-state index contributed by atoms with van der Waals surface area (Å²) in [6.45, 7) is 0. The Morgan fingerprint density at radius 3 is 2.67 bits per heavy atom. The van der Waals surface area contributed by atoms with Gasteiger partial charge >= 0.3 is 0 Å². The van der Waals surface area contributed by atoms with Gasteiger partial charge in [-0.15, -0.1) is 11.3 Å². The van der Waals surface area contributed by atoms with Crippen LogP contribution < -0.4 is 11.1 Å². The zero-order valence-electron chi connectivity index (χ0n) is 11.1. The number of benzene rings is 1. The second-order valence-corrected chi connectivity index (χ2v) is 5.40. The number of anilines is 2. The van der Waals surface area contributed by atoms with Crippen molar-refractivity contribution in [2.45, 2.75) is 0 Å². The summed E-state index contributed by atoms with van der Waals surface area (Å²) in [5.41, 5.74) is 8.21. The smallest absolute Gasteiger partial charge is 0.274 e. The molecule has 0 saturated heterocycles. The number of rotatable bonds is 3. The van der Waals surface area contributed by atoms with E-state index in [2.05, 4.69) is 10.3 Å². The number of hydrogen-bond acceptors (Lipinski definition) is 4. The average Bonchev–Trinajstić information content (AvgIpc) is 3.02. The molecule has 0 bridgehead atoms. The van der Waals surface area contributed by atoms with Crippen LogP contribution in [0.5, 0.6) is 0 Å². The van der Waals surface area contributed by atoms with Crippen molar-refractivity contribution in [2.24, 2.45) is 0 Å². The monoisotopic (exact) mass is 295 g/mol. The van der Waals surface area contributed by atoms with Crippen LogP contribution in [0.4, 0.5) is 11.4 Å². The van der Waals surface area contributed by atoms with Gasteiger partial charge in [0.15, 0.2) is 0 Å². The lowest BCUT2D eigenvalue weighted by Gasteiger charge is -2.09. The largest absolute Gasteiger partial charge is 0.397 e. The SMILES string of the molecule is Nc1ccc(C(=O)Nc2ccccc2-c2cccs2)nc1. The van der Waals surface area contributed by atoms with Gasteiger partial charge in [0.05, 0.1) is 11.9 Å². The van der Waals surface area contributed by atoms with Crippen LogP contribution in [0.1, 0.15) is 10.5 Å². The number of nitrogens with two attached hydrogens (primary N) is 1. The number of carbonyl (C=O) groups is 1. The van der Waals surface area contributed by atoms with E-state index < -0.39 is 0 Å². The number of aromatic nitrogens is 1. The van der Waals surface area contributed by atoms with Crippen LogP contribution in [0, 0.1) is 0 Å². The summed E-state index contributed by atoms with van der Waals surface area (Å²) < 4.78 is 0. The van der Waals surface area contributed by atoms with E-state index in [0.717, 1.165) is 16.1 Å². The second kappa shape index (κ2) is 5.76. The summed E-state index contributed by atoms with van der Waals surface area (Å²) in [7, 11) is 0. The molecule has 0 fully saturated rings. The number of hydrogen-bond donors (Lipinski definition) is 2. The highest BCUT2D eigenvalue weighted by atomic mass is 32.1. The van der Waals surface area contributed by atoms with Crippen molar-refractivity contribution in [3.63, 3.8) is 0 Å². The van der Waals surface area contributed by atoms with Crippen molar-refractivity contribution in [1.82, 2.24) is 4.98 Å². The van der Waals surface area contributed by atoms with Crippen LogP contribution in [0.3, 0.4) is 0 Å². The number of amides is 1. The number of carbonyl (C=O) groups excluding carboxylic acids is 1. The molecular formula is C16H13N3OS. The molecule has 0 spiro atoms. The molecule has 0 aliphatic heterocycles. The number of nitrogens with one attached hydrogen (secondary N) is 1. The standard InChI is InChI=1S/C16H13N3OS/c17-11-7-8-14(18-10-11)16(20)19-13-5-2-1-4-12(13)15-6-3-9-21-15/h1-10H,17H2,(H,19,20). The molecule has 1 amide bonds. The van der Waals surface area contributed by atoms with E-state index in [0.29, 0.717) is 11.4 Å². The van der Waals surface area contributed by atoms with Gasteiger partial charge in [-0.05, 0) is 29.6 Å². The number of pyridine rings is 1. The Bertz CT molecular complexity index is 751. The summed E-state index contributed by atoms with van der Waals surface area (Å²) in [4.78, 5) is 17.4. The minimum Gasteiger partial charge on any atom is -0.397 e. The molecule has 3 N–H and O–H groups in total. The fourth-order valence-electron chi connectivity index (χ4n) is 1.96. The summed E-state index contributed by atoms with van der Waals surface area (Å²) in [6.07, 6.45) is 1.47. The molecule has 3 aromatic rings. The normalized spacial score (nSPS) is 10.3. The Balaban J connectivity index is 1.88. The van der Waals surface area contributed by atoms with Crippen molar-refractivity contribution < 1.29 is 4.79 Å². The van der Waals surface area contributed by atoms with E-state index >= 15 is 0 Å². The van der Waals surface area contributed by atoms with Crippen molar-refractivity contribution in [2.75, 3.05) is 11.1 Å². The van der Waals surface area contributed by atoms with Crippen molar-refractivity contribution in [3.8, 4) is 10.4 Å². The maximum Gasteiger partial charge on any atom is 0.274 e. The van der Waals surface area contributed by atoms with Gasteiger partial charge in [0, 0.05) is 16.1 Å². The molecule has 2 aromatic heterocycles. The van der Waals surface area contributed by atoms with E-state index in [1.165, 1.54) is 6.20 Å². The Morgan fingerprint density at radius 2 is 1.95 bits per heavy atom. The molecule has 0 aliphatic carbocycles. The van der Waals surface area contributed by atoms with Gasteiger partial charge < -0.3 is 11.1 Å². The lowest BCUT2D eigenvalue weighted by molar-refractivity contribution is 0.102. The Morgan fingerprint density at radius 1 is 1.10 bits per heavy atom. The predicted molar refractivity (Wildman–Crippen MR) is 86.4 cm³/mol. The van der Waals surface area contributed by atoms with Crippen molar-refractivity contribution in [3.05, 3.63) is 65.8 Å². The van der Waals surface area contributed by atoms with Crippen LogP contribution in [-0.4, -0.2) is 10.9 Å². The van der Waals surface area contributed by atoms with Gasteiger partial charge in [-0.2, -0.15) is 0 Å². The molecule has 21 heavy (non-hydrogen) atoms. The molecule has 0 unspecified atom stereocenters. The maximum atomic E-state index is 12.2.